The molecule has 0 atom stereocenters. The lowest BCUT2D eigenvalue weighted by atomic mass is 10.2. The molecule has 31 heavy (non-hydrogen) atoms. The third kappa shape index (κ3) is 5.99. The number of hydrogen-bond acceptors (Lipinski definition) is 4. The zero-order valence-corrected chi connectivity index (χ0v) is 18.6. The fraction of sp³-hybridized carbons (Fsp3) is 0.174. The summed E-state index contributed by atoms with van der Waals surface area (Å²) in [5, 5.41) is 3.17. The maximum Gasteiger partial charge on any atom is 0.264 e. The van der Waals surface area contributed by atoms with E-state index < -0.39 is 15.9 Å². The average Bonchev–Trinajstić information content (AvgIpc) is 2.77. The van der Waals surface area contributed by atoms with E-state index in [2.05, 4.69) is 5.32 Å². The van der Waals surface area contributed by atoms with Crippen LogP contribution in [-0.2, 0) is 14.8 Å². The third-order valence-corrected chi connectivity index (χ3v) is 6.56. The van der Waals surface area contributed by atoms with Crippen molar-refractivity contribution in [1.82, 2.24) is 5.32 Å². The molecule has 0 bridgehead atoms. The van der Waals surface area contributed by atoms with Crippen LogP contribution in [0, 0.1) is 6.92 Å². The van der Waals surface area contributed by atoms with Gasteiger partial charge in [0.2, 0.25) is 5.91 Å². The zero-order valence-electron chi connectivity index (χ0n) is 17.0. The maximum atomic E-state index is 13.2. The standard InChI is InChI=1S/C23H23ClN2O4S/c1-18-11-13-20(14-12-18)31(28,29)26(19-7-3-2-4-8-19)17-23(27)25-15-16-30-22-10-6-5-9-21(22)24/h2-14H,15-17H2,1H3,(H,25,27). The number of ether oxygens (including phenoxy) is 1. The molecule has 162 valence electrons. The van der Waals surface area contributed by atoms with Crippen molar-refractivity contribution in [3.8, 4) is 5.75 Å². The van der Waals surface area contributed by atoms with Gasteiger partial charge >= 0.3 is 0 Å². The second-order valence-corrected chi connectivity index (χ2v) is 9.06. The van der Waals surface area contributed by atoms with Crippen molar-refractivity contribution in [1.29, 1.82) is 0 Å². The van der Waals surface area contributed by atoms with Crippen LogP contribution < -0.4 is 14.4 Å². The van der Waals surface area contributed by atoms with Crippen LogP contribution in [0.3, 0.4) is 0 Å². The number of nitrogens with zero attached hydrogens (tertiary/aromatic N) is 1. The first kappa shape index (κ1) is 22.7. The van der Waals surface area contributed by atoms with Crippen LogP contribution in [0.5, 0.6) is 5.75 Å². The van der Waals surface area contributed by atoms with Crippen LogP contribution in [0.1, 0.15) is 5.56 Å². The lowest BCUT2D eigenvalue weighted by Gasteiger charge is -2.24. The van der Waals surface area contributed by atoms with Gasteiger partial charge in [-0.25, -0.2) is 8.42 Å². The predicted molar refractivity (Wildman–Crippen MR) is 122 cm³/mol. The van der Waals surface area contributed by atoms with E-state index in [9.17, 15) is 13.2 Å². The van der Waals surface area contributed by atoms with Gasteiger partial charge in [-0.15, -0.1) is 0 Å². The first-order valence-electron chi connectivity index (χ1n) is 9.66. The van der Waals surface area contributed by atoms with E-state index in [0.29, 0.717) is 16.5 Å². The number of aryl methyl sites for hydroxylation is 1. The Labute approximate surface area is 187 Å². The monoisotopic (exact) mass is 458 g/mol. The summed E-state index contributed by atoms with van der Waals surface area (Å²) in [6.45, 7) is 1.93. The Balaban J connectivity index is 1.68. The van der Waals surface area contributed by atoms with Crippen LogP contribution in [0.4, 0.5) is 5.69 Å². The van der Waals surface area contributed by atoms with Crippen LogP contribution in [-0.4, -0.2) is 34.0 Å². The Kier molecular flexibility index (Phi) is 7.55. The van der Waals surface area contributed by atoms with Gasteiger partial charge < -0.3 is 10.1 Å². The quantitative estimate of drug-likeness (QED) is 0.491. The number of carbonyl (C=O) groups excluding carboxylic acids is 1. The van der Waals surface area contributed by atoms with Gasteiger partial charge in [-0.3, -0.25) is 9.10 Å². The number of carbonyl (C=O) groups is 1. The Morgan fingerprint density at radius 3 is 2.29 bits per heavy atom. The number of benzene rings is 3. The van der Waals surface area contributed by atoms with Crippen molar-refractivity contribution >= 4 is 33.2 Å². The van der Waals surface area contributed by atoms with Crippen LogP contribution >= 0.6 is 11.6 Å². The maximum absolute atomic E-state index is 13.2. The number of halogens is 1. The molecule has 8 heteroatoms. The van der Waals surface area contributed by atoms with E-state index in [1.54, 1.807) is 66.7 Å². The third-order valence-electron chi connectivity index (χ3n) is 4.46. The minimum Gasteiger partial charge on any atom is -0.490 e. The molecular weight excluding hydrogens is 436 g/mol. The normalized spacial score (nSPS) is 11.0. The largest absolute Gasteiger partial charge is 0.490 e. The number of rotatable bonds is 9. The molecule has 3 aromatic rings. The lowest BCUT2D eigenvalue weighted by molar-refractivity contribution is -0.119. The first-order chi connectivity index (χ1) is 14.9. The molecule has 3 rings (SSSR count). The van der Waals surface area contributed by atoms with Gasteiger partial charge in [-0.05, 0) is 43.3 Å². The van der Waals surface area contributed by atoms with Gasteiger partial charge in [-0.2, -0.15) is 0 Å². The summed E-state index contributed by atoms with van der Waals surface area (Å²) < 4.78 is 33.1. The number of anilines is 1. The molecule has 1 amide bonds. The molecule has 0 aliphatic carbocycles. The van der Waals surface area contributed by atoms with Crippen molar-refractivity contribution in [3.63, 3.8) is 0 Å². The van der Waals surface area contributed by atoms with Gasteiger partial charge in [0.15, 0.2) is 0 Å². The molecule has 0 fully saturated rings. The fourth-order valence-corrected chi connectivity index (χ4v) is 4.46. The Morgan fingerprint density at radius 1 is 0.968 bits per heavy atom. The second-order valence-electron chi connectivity index (χ2n) is 6.79. The summed E-state index contributed by atoms with van der Waals surface area (Å²) in [6, 6.07) is 22.1. The molecule has 6 nitrogen and oxygen atoms in total. The highest BCUT2D eigenvalue weighted by molar-refractivity contribution is 7.92. The summed E-state index contributed by atoms with van der Waals surface area (Å²) in [5.41, 5.74) is 1.35. The van der Waals surface area contributed by atoms with Crippen molar-refractivity contribution in [2.24, 2.45) is 0 Å². The van der Waals surface area contributed by atoms with E-state index in [1.165, 1.54) is 12.1 Å². The molecular formula is C23H23ClN2O4S. The molecule has 0 saturated heterocycles. The topological polar surface area (TPSA) is 75.7 Å². The molecule has 0 radical (unpaired) electrons. The average molecular weight is 459 g/mol. The summed E-state index contributed by atoms with van der Waals surface area (Å²) in [7, 11) is -3.92. The predicted octanol–water partition coefficient (Wildman–Crippen LogP) is 4.04. The first-order valence-corrected chi connectivity index (χ1v) is 11.5. The molecule has 0 aliphatic rings. The van der Waals surface area contributed by atoms with Gasteiger partial charge in [0.1, 0.15) is 18.9 Å². The SMILES string of the molecule is Cc1ccc(S(=O)(=O)N(CC(=O)NCCOc2ccccc2Cl)c2ccccc2)cc1. The van der Waals surface area contributed by atoms with Crippen LogP contribution in [0.2, 0.25) is 5.02 Å². The highest BCUT2D eigenvalue weighted by Gasteiger charge is 2.27. The van der Waals surface area contributed by atoms with Crippen LogP contribution in [0.25, 0.3) is 0 Å². The highest BCUT2D eigenvalue weighted by Crippen LogP contribution is 2.24. The van der Waals surface area contributed by atoms with Gasteiger partial charge in [-0.1, -0.05) is 59.6 Å². The van der Waals surface area contributed by atoms with E-state index in [4.69, 9.17) is 16.3 Å². The summed E-state index contributed by atoms with van der Waals surface area (Å²) in [4.78, 5) is 12.7. The van der Waals surface area contributed by atoms with Crippen molar-refractivity contribution < 1.29 is 17.9 Å². The second kappa shape index (κ2) is 10.3. The highest BCUT2D eigenvalue weighted by atomic mass is 35.5. The van der Waals surface area contributed by atoms with Gasteiger partial charge in [0, 0.05) is 0 Å². The summed E-state index contributed by atoms with van der Waals surface area (Å²) >= 11 is 6.03. The van der Waals surface area contributed by atoms with E-state index >= 15 is 0 Å². The minimum absolute atomic E-state index is 0.122. The smallest absolute Gasteiger partial charge is 0.264 e. The molecule has 0 spiro atoms. The summed E-state index contributed by atoms with van der Waals surface area (Å²) in [5.74, 6) is 0.0774. The van der Waals surface area contributed by atoms with E-state index in [1.807, 2.05) is 6.92 Å². The molecule has 0 heterocycles. The Hall–Kier alpha value is -3.03. The molecule has 3 aromatic carbocycles. The number of amides is 1. The van der Waals surface area contributed by atoms with E-state index in [0.717, 1.165) is 9.87 Å². The zero-order chi connectivity index (χ0) is 22.3. The number of nitrogens with one attached hydrogen (secondary N) is 1. The fourth-order valence-electron chi connectivity index (χ4n) is 2.85. The van der Waals surface area contributed by atoms with Crippen molar-refractivity contribution in [3.05, 3.63) is 89.4 Å². The molecule has 0 aliphatic heterocycles. The minimum atomic E-state index is -3.92. The van der Waals surface area contributed by atoms with Crippen LogP contribution in [0.15, 0.2) is 83.8 Å². The summed E-state index contributed by atoms with van der Waals surface area (Å²) in [6.07, 6.45) is 0. The lowest BCUT2D eigenvalue weighted by Crippen LogP contribution is -2.41. The number of para-hydroxylation sites is 2. The van der Waals surface area contributed by atoms with Gasteiger partial charge in [0.05, 0.1) is 22.2 Å². The number of sulfonamides is 1. The van der Waals surface area contributed by atoms with Gasteiger partial charge in [0.25, 0.3) is 10.0 Å². The molecule has 0 unspecified atom stereocenters. The van der Waals surface area contributed by atoms with Crippen molar-refractivity contribution in [2.45, 2.75) is 11.8 Å². The number of hydrogen-bond donors (Lipinski definition) is 1. The van der Waals surface area contributed by atoms with Crippen molar-refractivity contribution in [2.75, 3.05) is 24.0 Å². The van der Waals surface area contributed by atoms with E-state index in [-0.39, 0.29) is 24.6 Å². The molecule has 0 aromatic heterocycles. The molecule has 1 N–H and O–H groups in total. The Morgan fingerprint density at radius 2 is 1.61 bits per heavy atom. The molecule has 0 saturated carbocycles. The Bertz CT molecular complexity index is 1120.